The van der Waals surface area contributed by atoms with Crippen LogP contribution in [0, 0.1) is 34.5 Å². The molecule has 0 aliphatic heterocycles. The van der Waals surface area contributed by atoms with Gasteiger partial charge in [0, 0.05) is 26.5 Å². The standard InChI is InChI=1S/C36H58N4O8/c1-11-27(15-25(17-29-19-39(9)23-37-29)21-47-33(43)35(3,4)5)31(41)45-13-14-46-32(42)28(12-2)16-26(18-30-20-40(10)24-38-30)22-48-34(44)36(6,7)8/h19-20,23-28H,11-18,21-22H2,1-10H3/t25-,26-,27-,28-/m0/s1. The fourth-order valence-electron chi connectivity index (χ4n) is 5.16. The molecule has 2 aromatic rings. The molecule has 0 saturated heterocycles. The van der Waals surface area contributed by atoms with E-state index < -0.39 is 22.7 Å². The summed E-state index contributed by atoms with van der Waals surface area (Å²) in [5, 5.41) is 0. The lowest BCUT2D eigenvalue weighted by Gasteiger charge is -2.24. The van der Waals surface area contributed by atoms with Crippen LogP contribution in [-0.4, -0.2) is 69.4 Å². The van der Waals surface area contributed by atoms with Crippen molar-refractivity contribution in [3.05, 3.63) is 36.4 Å². The Morgan fingerprint density at radius 3 is 1.27 bits per heavy atom. The van der Waals surface area contributed by atoms with Gasteiger partial charge in [-0.05, 0) is 91.9 Å². The zero-order valence-corrected chi connectivity index (χ0v) is 30.7. The normalized spacial score (nSPS) is 14.5. The largest absolute Gasteiger partial charge is 0.465 e. The van der Waals surface area contributed by atoms with Crippen LogP contribution in [0.25, 0.3) is 0 Å². The van der Waals surface area contributed by atoms with Crippen LogP contribution in [0.5, 0.6) is 0 Å². The molecule has 0 bridgehead atoms. The number of aryl methyl sites for hydroxylation is 2. The molecule has 0 unspecified atom stereocenters. The Morgan fingerprint density at radius 2 is 1.00 bits per heavy atom. The Labute approximate surface area is 286 Å². The Hall–Kier alpha value is -3.70. The number of carbonyl (C=O) groups excluding carboxylic acids is 4. The highest BCUT2D eigenvalue weighted by atomic mass is 16.6. The van der Waals surface area contributed by atoms with Crippen molar-refractivity contribution in [1.29, 1.82) is 0 Å². The van der Waals surface area contributed by atoms with E-state index in [2.05, 4.69) is 9.97 Å². The van der Waals surface area contributed by atoms with Crippen LogP contribution in [0.15, 0.2) is 25.0 Å². The maximum Gasteiger partial charge on any atom is 0.311 e. The van der Waals surface area contributed by atoms with Gasteiger partial charge in [0.1, 0.15) is 13.2 Å². The summed E-state index contributed by atoms with van der Waals surface area (Å²) in [5.74, 6) is -2.48. The molecule has 0 N–H and O–H groups in total. The number of hydrogen-bond donors (Lipinski definition) is 0. The molecule has 48 heavy (non-hydrogen) atoms. The van der Waals surface area contributed by atoms with E-state index in [4.69, 9.17) is 18.9 Å². The number of rotatable bonds is 19. The molecule has 0 aliphatic carbocycles. The molecule has 12 nitrogen and oxygen atoms in total. The van der Waals surface area contributed by atoms with Crippen molar-refractivity contribution < 1.29 is 38.1 Å². The smallest absolute Gasteiger partial charge is 0.311 e. The number of nitrogens with zero attached hydrogens (tertiary/aromatic N) is 4. The molecule has 0 aliphatic rings. The third kappa shape index (κ3) is 14.2. The van der Waals surface area contributed by atoms with E-state index >= 15 is 0 Å². The van der Waals surface area contributed by atoms with E-state index in [0.717, 1.165) is 11.4 Å². The highest BCUT2D eigenvalue weighted by molar-refractivity contribution is 5.76. The second kappa shape index (κ2) is 18.7. The number of aromatic nitrogens is 4. The van der Waals surface area contributed by atoms with Crippen LogP contribution >= 0.6 is 0 Å². The lowest BCUT2D eigenvalue weighted by Crippen LogP contribution is -2.29. The van der Waals surface area contributed by atoms with Crippen LogP contribution in [0.3, 0.4) is 0 Å². The second-order valence-corrected chi connectivity index (χ2v) is 14.9. The fourth-order valence-corrected chi connectivity index (χ4v) is 5.16. The number of ether oxygens (including phenoxy) is 4. The van der Waals surface area contributed by atoms with E-state index in [0.29, 0.717) is 38.5 Å². The summed E-state index contributed by atoms with van der Waals surface area (Å²) in [7, 11) is 3.77. The van der Waals surface area contributed by atoms with Gasteiger partial charge in [-0.25, -0.2) is 9.97 Å². The van der Waals surface area contributed by atoms with Crippen molar-refractivity contribution in [2.45, 2.75) is 93.9 Å². The van der Waals surface area contributed by atoms with Gasteiger partial charge in [0.25, 0.3) is 0 Å². The van der Waals surface area contributed by atoms with Crippen molar-refractivity contribution >= 4 is 23.9 Å². The fraction of sp³-hybridized carbons (Fsp3) is 0.722. The molecule has 270 valence electrons. The lowest BCUT2D eigenvalue weighted by atomic mass is 9.89. The first-order valence-electron chi connectivity index (χ1n) is 17.0. The molecule has 0 spiro atoms. The van der Waals surface area contributed by atoms with Crippen LogP contribution in [0.2, 0.25) is 0 Å². The first kappa shape index (κ1) is 40.5. The molecule has 2 aromatic heterocycles. The predicted molar refractivity (Wildman–Crippen MR) is 180 cm³/mol. The van der Waals surface area contributed by atoms with Gasteiger partial charge < -0.3 is 28.1 Å². The average molecular weight is 675 g/mol. The van der Waals surface area contributed by atoms with Crippen molar-refractivity contribution in [2.24, 2.45) is 48.6 Å². The zero-order chi connectivity index (χ0) is 36.1. The Bertz CT molecular complexity index is 1220. The predicted octanol–water partition coefficient (Wildman–Crippen LogP) is 5.27. The molecule has 12 heteroatoms. The molecule has 0 amide bonds. The van der Waals surface area contributed by atoms with E-state index in [1.54, 1.807) is 54.2 Å². The highest BCUT2D eigenvalue weighted by Crippen LogP contribution is 2.25. The van der Waals surface area contributed by atoms with Gasteiger partial charge in [-0.15, -0.1) is 0 Å². The minimum Gasteiger partial charge on any atom is -0.465 e. The minimum absolute atomic E-state index is 0.0675. The third-order valence-corrected chi connectivity index (χ3v) is 8.10. The van der Waals surface area contributed by atoms with Crippen molar-refractivity contribution in [3.63, 3.8) is 0 Å². The van der Waals surface area contributed by atoms with Gasteiger partial charge in [0.15, 0.2) is 0 Å². The highest BCUT2D eigenvalue weighted by Gasteiger charge is 2.30. The van der Waals surface area contributed by atoms with Gasteiger partial charge in [-0.2, -0.15) is 0 Å². The zero-order valence-electron chi connectivity index (χ0n) is 30.7. The van der Waals surface area contributed by atoms with E-state index in [1.165, 1.54) is 0 Å². The molecule has 0 saturated carbocycles. The molecule has 0 aromatic carbocycles. The van der Waals surface area contributed by atoms with Gasteiger partial charge in [0.05, 0.1) is 59.9 Å². The van der Waals surface area contributed by atoms with Gasteiger partial charge in [-0.1, -0.05) is 13.8 Å². The summed E-state index contributed by atoms with van der Waals surface area (Å²) in [5.41, 5.74) is 0.437. The number of esters is 4. The number of carbonyl (C=O) groups is 4. The van der Waals surface area contributed by atoms with E-state index in [1.807, 2.05) is 49.5 Å². The molecule has 0 fully saturated rings. The summed E-state index contributed by atoms with van der Waals surface area (Å²) in [6, 6.07) is 0. The van der Waals surface area contributed by atoms with Crippen LogP contribution < -0.4 is 0 Å². The van der Waals surface area contributed by atoms with Crippen LogP contribution in [0.4, 0.5) is 0 Å². The van der Waals surface area contributed by atoms with Gasteiger partial charge in [0.2, 0.25) is 0 Å². The van der Waals surface area contributed by atoms with Crippen molar-refractivity contribution in [1.82, 2.24) is 19.1 Å². The summed E-state index contributed by atoms with van der Waals surface area (Å²) in [4.78, 5) is 59.9. The molecular formula is C36H58N4O8. The molecule has 2 rings (SSSR count). The molecule has 4 atom stereocenters. The number of imidazole rings is 2. The minimum atomic E-state index is -0.633. The van der Waals surface area contributed by atoms with Gasteiger partial charge in [-0.3, -0.25) is 19.2 Å². The third-order valence-electron chi connectivity index (χ3n) is 8.10. The average Bonchev–Trinajstić information content (AvgIpc) is 3.62. The summed E-state index contributed by atoms with van der Waals surface area (Å²) >= 11 is 0. The van der Waals surface area contributed by atoms with Crippen LogP contribution in [0.1, 0.15) is 92.5 Å². The topological polar surface area (TPSA) is 141 Å². The van der Waals surface area contributed by atoms with Crippen molar-refractivity contribution in [3.8, 4) is 0 Å². The first-order valence-corrected chi connectivity index (χ1v) is 17.0. The summed E-state index contributed by atoms with van der Waals surface area (Å²) < 4.78 is 26.0. The summed E-state index contributed by atoms with van der Waals surface area (Å²) in [6.07, 6.45) is 10.3. The number of hydrogen-bond acceptors (Lipinski definition) is 10. The Morgan fingerprint density at radius 1 is 0.646 bits per heavy atom. The monoisotopic (exact) mass is 674 g/mol. The Kier molecular flexibility index (Phi) is 15.8. The maximum absolute atomic E-state index is 13.1. The second-order valence-electron chi connectivity index (χ2n) is 14.9. The lowest BCUT2D eigenvalue weighted by molar-refractivity contribution is -0.159. The maximum atomic E-state index is 13.1. The van der Waals surface area contributed by atoms with Crippen LogP contribution in [-0.2, 0) is 65.1 Å². The molecule has 2 heterocycles. The van der Waals surface area contributed by atoms with Gasteiger partial charge >= 0.3 is 23.9 Å². The van der Waals surface area contributed by atoms with E-state index in [9.17, 15) is 19.2 Å². The first-order chi connectivity index (χ1) is 22.4. The SMILES string of the molecule is CC[C@@H](C[C@H](COC(=O)C(C)(C)C)Cc1cn(C)cn1)C(=O)OCCOC(=O)[C@@H](CC)C[C@H](COC(=O)C(C)(C)C)Cc1cn(C)cn1. The molecular weight excluding hydrogens is 616 g/mol. The summed E-state index contributed by atoms with van der Waals surface area (Å²) in [6.45, 7) is 14.8. The Balaban J connectivity index is 1.94. The van der Waals surface area contributed by atoms with Crippen molar-refractivity contribution in [2.75, 3.05) is 26.4 Å². The quantitative estimate of drug-likeness (QED) is 0.110. The van der Waals surface area contributed by atoms with E-state index in [-0.39, 0.29) is 62.1 Å². The molecule has 0 radical (unpaired) electrons.